The van der Waals surface area contributed by atoms with Gasteiger partial charge in [0.15, 0.2) is 5.16 Å². The molecule has 0 aliphatic carbocycles. The Balaban J connectivity index is 3.09. The summed E-state index contributed by atoms with van der Waals surface area (Å²) in [5, 5.41) is 0.813. The van der Waals surface area contributed by atoms with Crippen LogP contribution >= 0.6 is 11.8 Å². The molecule has 3 nitrogen and oxygen atoms in total. The lowest BCUT2D eigenvalue weighted by Gasteiger charge is -2.06. The minimum absolute atomic E-state index is 0.0310. The average molecular weight is 184 g/mol. The van der Waals surface area contributed by atoms with E-state index in [-0.39, 0.29) is 5.56 Å². The van der Waals surface area contributed by atoms with Crippen molar-refractivity contribution in [2.45, 2.75) is 25.5 Å². The second kappa shape index (κ2) is 4.30. The first-order valence-electron chi connectivity index (χ1n) is 3.98. The van der Waals surface area contributed by atoms with Gasteiger partial charge in [-0.15, -0.1) is 0 Å². The van der Waals surface area contributed by atoms with Crippen LogP contribution in [0.4, 0.5) is 0 Å². The topological polar surface area (TPSA) is 34.9 Å². The van der Waals surface area contributed by atoms with Crippen molar-refractivity contribution in [3.05, 3.63) is 22.6 Å². The van der Waals surface area contributed by atoms with E-state index in [0.29, 0.717) is 6.54 Å². The standard InChI is InChI=1S/C8H12N2OS/c1-3-10-7(11)5-6-9-8(10)12-4-2/h5-6H,3-4H2,1-2H3. The molecule has 1 rings (SSSR count). The lowest BCUT2D eigenvalue weighted by molar-refractivity contribution is 0.622. The normalized spacial score (nSPS) is 10.2. The van der Waals surface area contributed by atoms with Crippen molar-refractivity contribution in [3.63, 3.8) is 0 Å². The molecule has 1 aromatic rings. The molecule has 0 radical (unpaired) electrons. The van der Waals surface area contributed by atoms with Crippen molar-refractivity contribution in [2.75, 3.05) is 5.75 Å². The summed E-state index contributed by atoms with van der Waals surface area (Å²) < 4.78 is 1.67. The smallest absolute Gasteiger partial charge is 0.254 e. The summed E-state index contributed by atoms with van der Waals surface area (Å²) in [6.07, 6.45) is 1.56. The third-order valence-electron chi connectivity index (χ3n) is 1.49. The van der Waals surface area contributed by atoms with Gasteiger partial charge in [0.1, 0.15) is 0 Å². The highest BCUT2D eigenvalue weighted by atomic mass is 32.2. The molecule has 0 aliphatic heterocycles. The summed E-state index contributed by atoms with van der Waals surface area (Å²) in [4.78, 5) is 15.4. The highest BCUT2D eigenvalue weighted by molar-refractivity contribution is 7.99. The molecule has 12 heavy (non-hydrogen) atoms. The molecule has 0 saturated carbocycles. The van der Waals surface area contributed by atoms with Gasteiger partial charge < -0.3 is 0 Å². The third kappa shape index (κ3) is 1.88. The molecular formula is C8H12N2OS. The summed E-state index contributed by atoms with van der Waals surface area (Å²) in [5.41, 5.74) is 0.0310. The molecule has 0 spiro atoms. The molecule has 0 saturated heterocycles. The van der Waals surface area contributed by atoms with E-state index >= 15 is 0 Å². The fraction of sp³-hybridized carbons (Fsp3) is 0.500. The van der Waals surface area contributed by atoms with Crippen LogP contribution in [0, 0.1) is 0 Å². The number of rotatable bonds is 3. The van der Waals surface area contributed by atoms with Gasteiger partial charge in [-0.1, -0.05) is 18.7 Å². The minimum Gasteiger partial charge on any atom is -0.288 e. The average Bonchev–Trinajstić information content (AvgIpc) is 2.05. The van der Waals surface area contributed by atoms with Gasteiger partial charge in [-0.25, -0.2) is 4.98 Å². The third-order valence-corrected chi connectivity index (χ3v) is 2.36. The van der Waals surface area contributed by atoms with Gasteiger partial charge in [-0.3, -0.25) is 9.36 Å². The van der Waals surface area contributed by atoms with E-state index in [1.54, 1.807) is 22.5 Å². The zero-order valence-corrected chi connectivity index (χ0v) is 8.10. The highest BCUT2D eigenvalue weighted by Crippen LogP contribution is 2.11. The van der Waals surface area contributed by atoms with Gasteiger partial charge in [0, 0.05) is 18.8 Å². The van der Waals surface area contributed by atoms with E-state index in [2.05, 4.69) is 4.98 Å². The van der Waals surface area contributed by atoms with E-state index < -0.39 is 0 Å². The zero-order chi connectivity index (χ0) is 8.97. The first kappa shape index (κ1) is 9.32. The Morgan fingerprint density at radius 1 is 1.58 bits per heavy atom. The molecule has 66 valence electrons. The van der Waals surface area contributed by atoms with Gasteiger partial charge in [0.05, 0.1) is 0 Å². The quantitative estimate of drug-likeness (QED) is 0.525. The number of thioether (sulfide) groups is 1. The van der Waals surface area contributed by atoms with Crippen LogP contribution in [-0.2, 0) is 6.54 Å². The van der Waals surface area contributed by atoms with Gasteiger partial charge in [-0.2, -0.15) is 0 Å². The molecular weight excluding hydrogens is 172 g/mol. The van der Waals surface area contributed by atoms with Crippen molar-refractivity contribution in [2.24, 2.45) is 0 Å². The minimum atomic E-state index is 0.0310. The van der Waals surface area contributed by atoms with E-state index in [9.17, 15) is 4.79 Å². The van der Waals surface area contributed by atoms with E-state index in [1.165, 1.54) is 6.07 Å². The molecule has 0 aliphatic rings. The Bertz CT molecular complexity index is 308. The largest absolute Gasteiger partial charge is 0.288 e. The second-order valence-electron chi connectivity index (χ2n) is 2.24. The summed E-state index contributed by atoms with van der Waals surface area (Å²) in [5.74, 6) is 0.941. The fourth-order valence-electron chi connectivity index (χ4n) is 0.954. The first-order chi connectivity index (χ1) is 5.79. The van der Waals surface area contributed by atoms with Crippen LogP contribution in [0.15, 0.2) is 22.2 Å². The van der Waals surface area contributed by atoms with Crippen LogP contribution in [0.25, 0.3) is 0 Å². The summed E-state index contributed by atoms with van der Waals surface area (Å²) in [6.45, 7) is 4.68. The van der Waals surface area contributed by atoms with Crippen LogP contribution in [0.5, 0.6) is 0 Å². The van der Waals surface area contributed by atoms with Crippen molar-refractivity contribution in [3.8, 4) is 0 Å². The lowest BCUT2D eigenvalue weighted by atomic mass is 10.6. The van der Waals surface area contributed by atoms with Crippen molar-refractivity contribution in [1.82, 2.24) is 9.55 Å². The van der Waals surface area contributed by atoms with Crippen LogP contribution in [0.2, 0.25) is 0 Å². The maximum Gasteiger partial charge on any atom is 0.254 e. The Labute approximate surface area is 75.8 Å². The monoisotopic (exact) mass is 184 g/mol. The Morgan fingerprint density at radius 2 is 2.33 bits per heavy atom. The second-order valence-corrected chi connectivity index (χ2v) is 3.47. The number of hydrogen-bond donors (Lipinski definition) is 0. The molecule has 1 aromatic heterocycles. The van der Waals surface area contributed by atoms with E-state index in [0.717, 1.165) is 10.9 Å². The molecule has 0 bridgehead atoms. The predicted molar refractivity (Wildman–Crippen MR) is 50.6 cm³/mol. The fourth-order valence-corrected chi connectivity index (χ4v) is 1.72. The summed E-state index contributed by atoms with van der Waals surface area (Å²) in [6, 6.07) is 1.49. The van der Waals surface area contributed by atoms with Crippen LogP contribution in [0.3, 0.4) is 0 Å². The van der Waals surface area contributed by atoms with Gasteiger partial charge in [-0.05, 0) is 12.7 Å². The maximum absolute atomic E-state index is 11.3. The van der Waals surface area contributed by atoms with Crippen LogP contribution < -0.4 is 5.56 Å². The zero-order valence-electron chi connectivity index (χ0n) is 7.28. The van der Waals surface area contributed by atoms with Crippen LogP contribution in [0.1, 0.15) is 13.8 Å². The molecule has 0 aromatic carbocycles. The van der Waals surface area contributed by atoms with Gasteiger partial charge >= 0.3 is 0 Å². The van der Waals surface area contributed by atoms with Gasteiger partial charge in [0.25, 0.3) is 5.56 Å². The Hall–Kier alpha value is -0.770. The maximum atomic E-state index is 11.3. The predicted octanol–water partition coefficient (Wildman–Crippen LogP) is 1.38. The summed E-state index contributed by atoms with van der Waals surface area (Å²) >= 11 is 1.59. The molecule has 0 atom stereocenters. The molecule has 0 amide bonds. The Kier molecular flexibility index (Phi) is 3.34. The molecule has 1 heterocycles. The lowest BCUT2D eigenvalue weighted by Crippen LogP contribution is -2.20. The first-order valence-corrected chi connectivity index (χ1v) is 4.96. The molecule has 4 heteroatoms. The van der Waals surface area contributed by atoms with Crippen molar-refractivity contribution >= 4 is 11.8 Å². The highest BCUT2D eigenvalue weighted by Gasteiger charge is 2.01. The molecule has 0 N–H and O–H groups in total. The van der Waals surface area contributed by atoms with Crippen molar-refractivity contribution in [1.29, 1.82) is 0 Å². The number of hydrogen-bond acceptors (Lipinski definition) is 3. The number of aromatic nitrogens is 2. The number of nitrogens with zero attached hydrogens (tertiary/aromatic N) is 2. The summed E-state index contributed by atoms with van der Waals surface area (Å²) in [7, 11) is 0. The van der Waals surface area contributed by atoms with E-state index in [4.69, 9.17) is 0 Å². The van der Waals surface area contributed by atoms with Crippen LogP contribution in [-0.4, -0.2) is 15.3 Å². The van der Waals surface area contributed by atoms with Gasteiger partial charge in [0.2, 0.25) is 0 Å². The SMILES string of the molecule is CCSc1nccc(=O)n1CC. The van der Waals surface area contributed by atoms with E-state index in [1.807, 2.05) is 13.8 Å². The van der Waals surface area contributed by atoms with Crippen molar-refractivity contribution < 1.29 is 0 Å². The Morgan fingerprint density at radius 3 is 2.92 bits per heavy atom. The molecule has 0 fully saturated rings. The molecule has 0 unspecified atom stereocenters.